The van der Waals surface area contributed by atoms with Gasteiger partial charge in [0, 0.05) is 13.0 Å². The van der Waals surface area contributed by atoms with Gasteiger partial charge in [-0.2, -0.15) is 0 Å². The van der Waals surface area contributed by atoms with Gasteiger partial charge in [0.25, 0.3) is 0 Å². The summed E-state index contributed by atoms with van der Waals surface area (Å²) in [5.41, 5.74) is 6.00. The van der Waals surface area contributed by atoms with E-state index in [0.717, 1.165) is 13.0 Å². The minimum atomic E-state index is -0.424. The first-order valence-electron chi connectivity index (χ1n) is 9.18. The molecule has 1 aliphatic heterocycles. The van der Waals surface area contributed by atoms with Crippen molar-refractivity contribution in [2.45, 2.75) is 25.2 Å². The van der Waals surface area contributed by atoms with E-state index in [-0.39, 0.29) is 0 Å². The second-order valence-corrected chi connectivity index (χ2v) is 7.36. The Balaban J connectivity index is 1.78. The summed E-state index contributed by atoms with van der Waals surface area (Å²) in [4.78, 5) is 2.19. The third-order valence-corrected chi connectivity index (χ3v) is 5.19. The Kier molecular flexibility index (Phi) is 4.62. The van der Waals surface area contributed by atoms with Gasteiger partial charge in [0.2, 0.25) is 0 Å². The van der Waals surface area contributed by atoms with E-state index in [1.807, 2.05) is 0 Å². The maximum Gasteiger partial charge on any atom is 0.123 e. The van der Waals surface area contributed by atoms with E-state index < -0.39 is 5.60 Å². The normalized spacial score (nSPS) is 19.3. The Morgan fingerprint density at radius 3 is 2.08 bits per heavy atom. The number of fused-ring (bicyclic) bond motifs is 1. The van der Waals surface area contributed by atoms with Gasteiger partial charge >= 0.3 is 0 Å². The van der Waals surface area contributed by atoms with Crippen molar-refractivity contribution in [2.24, 2.45) is 0 Å². The first-order valence-corrected chi connectivity index (χ1v) is 9.18. The average Bonchev–Trinajstić information content (AvgIpc) is 2.68. The number of hydrogen-bond acceptors (Lipinski definition) is 2. The van der Waals surface area contributed by atoms with E-state index in [2.05, 4.69) is 97.9 Å². The first kappa shape index (κ1) is 17.0. The van der Waals surface area contributed by atoms with Crippen LogP contribution in [0.1, 0.15) is 27.8 Å². The third kappa shape index (κ3) is 3.18. The maximum atomic E-state index is 6.57. The summed E-state index contributed by atoms with van der Waals surface area (Å²) < 4.78 is 6.57. The summed E-state index contributed by atoms with van der Waals surface area (Å²) in [6.45, 7) is 1.59. The molecule has 0 amide bonds. The zero-order valence-corrected chi connectivity index (χ0v) is 15.5. The van der Waals surface area contributed by atoms with Crippen molar-refractivity contribution in [2.75, 3.05) is 14.1 Å². The largest absolute Gasteiger partial charge is 0.361 e. The first-order chi connectivity index (χ1) is 12.7. The lowest BCUT2D eigenvalue weighted by Crippen LogP contribution is -2.37. The van der Waals surface area contributed by atoms with Gasteiger partial charge < -0.3 is 9.64 Å². The number of nitrogens with zero attached hydrogens (tertiary/aromatic N) is 1. The predicted octanol–water partition coefficient (Wildman–Crippen LogP) is 4.76. The highest BCUT2D eigenvalue weighted by atomic mass is 16.5. The Morgan fingerprint density at radius 1 is 0.769 bits per heavy atom. The number of benzene rings is 3. The van der Waals surface area contributed by atoms with Crippen LogP contribution in [0.5, 0.6) is 0 Å². The highest BCUT2D eigenvalue weighted by Gasteiger charge is 2.39. The van der Waals surface area contributed by atoms with Crippen LogP contribution in [0.25, 0.3) is 0 Å². The Labute approximate surface area is 156 Å². The lowest BCUT2D eigenvalue weighted by Gasteiger charge is -2.39. The molecule has 2 nitrogen and oxygen atoms in total. The molecule has 1 heterocycles. The van der Waals surface area contributed by atoms with Crippen molar-refractivity contribution in [3.05, 3.63) is 107 Å². The molecule has 1 unspecified atom stereocenters. The summed E-state index contributed by atoms with van der Waals surface area (Å²) in [7, 11) is 4.20. The average molecular weight is 343 g/mol. The van der Waals surface area contributed by atoms with Gasteiger partial charge in [0.05, 0.1) is 6.61 Å². The zero-order valence-electron chi connectivity index (χ0n) is 15.5. The standard InChI is InChI=1S/C24H25NO/c1-25(2)17-19-12-14-23(15-13-19)24(22-10-4-3-5-11-22)16-20-8-6-7-9-21(20)18-26-24/h3-15H,16-18H2,1-2H3. The van der Waals surface area contributed by atoms with Gasteiger partial charge in [-0.25, -0.2) is 0 Å². The van der Waals surface area contributed by atoms with Gasteiger partial charge in [0.15, 0.2) is 0 Å². The highest BCUT2D eigenvalue weighted by Crippen LogP contribution is 2.41. The number of hydrogen-bond donors (Lipinski definition) is 0. The molecule has 1 atom stereocenters. The third-order valence-electron chi connectivity index (χ3n) is 5.19. The molecule has 0 radical (unpaired) electrons. The summed E-state index contributed by atoms with van der Waals surface area (Å²) in [5.74, 6) is 0. The quantitative estimate of drug-likeness (QED) is 0.677. The molecule has 132 valence electrons. The van der Waals surface area contributed by atoms with E-state index in [4.69, 9.17) is 4.74 Å². The van der Waals surface area contributed by atoms with Gasteiger partial charge in [-0.1, -0.05) is 78.9 Å². The smallest absolute Gasteiger partial charge is 0.123 e. The van der Waals surface area contributed by atoms with E-state index in [1.54, 1.807) is 0 Å². The maximum absolute atomic E-state index is 6.57. The molecule has 0 saturated carbocycles. The van der Waals surface area contributed by atoms with Crippen LogP contribution in [0.15, 0.2) is 78.9 Å². The van der Waals surface area contributed by atoms with Crippen LogP contribution in [0.4, 0.5) is 0 Å². The fourth-order valence-corrected chi connectivity index (χ4v) is 3.88. The van der Waals surface area contributed by atoms with Crippen LogP contribution < -0.4 is 0 Å². The molecule has 4 rings (SSSR count). The minimum absolute atomic E-state index is 0.424. The second kappa shape index (κ2) is 7.06. The SMILES string of the molecule is CN(C)Cc1ccc(C2(c3ccccc3)Cc3ccccc3CO2)cc1. The van der Waals surface area contributed by atoms with Crippen molar-refractivity contribution < 1.29 is 4.74 Å². The van der Waals surface area contributed by atoms with Gasteiger partial charge in [-0.15, -0.1) is 0 Å². The summed E-state index contributed by atoms with van der Waals surface area (Å²) in [6, 6.07) is 28.2. The zero-order chi connectivity index (χ0) is 18.0. The van der Waals surface area contributed by atoms with Crippen LogP contribution in [0.2, 0.25) is 0 Å². The van der Waals surface area contributed by atoms with Crippen molar-refractivity contribution in [3.8, 4) is 0 Å². The highest BCUT2D eigenvalue weighted by molar-refractivity contribution is 5.43. The van der Waals surface area contributed by atoms with Gasteiger partial charge in [-0.3, -0.25) is 0 Å². The van der Waals surface area contributed by atoms with Crippen molar-refractivity contribution in [3.63, 3.8) is 0 Å². The predicted molar refractivity (Wildman–Crippen MR) is 106 cm³/mol. The fraction of sp³-hybridized carbons (Fsp3) is 0.250. The Bertz CT molecular complexity index is 870. The molecule has 0 aliphatic carbocycles. The molecule has 0 bridgehead atoms. The fourth-order valence-electron chi connectivity index (χ4n) is 3.88. The van der Waals surface area contributed by atoms with Crippen LogP contribution >= 0.6 is 0 Å². The molecule has 0 saturated heterocycles. The molecule has 1 aliphatic rings. The number of rotatable bonds is 4. The molecule has 0 spiro atoms. The lowest BCUT2D eigenvalue weighted by atomic mass is 9.78. The lowest BCUT2D eigenvalue weighted by molar-refractivity contribution is -0.0420. The molecule has 2 heteroatoms. The van der Waals surface area contributed by atoms with Crippen LogP contribution in [0, 0.1) is 0 Å². The van der Waals surface area contributed by atoms with E-state index in [1.165, 1.54) is 27.8 Å². The van der Waals surface area contributed by atoms with Crippen LogP contribution in [-0.4, -0.2) is 19.0 Å². The molecule has 0 fully saturated rings. The molecular formula is C24H25NO. The van der Waals surface area contributed by atoms with Crippen molar-refractivity contribution >= 4 is 0 Å². The van der Waals surface area contributed by atoms with E-state index >= 15 is 0 Å². The van der Waals surface area contributed by atoms with Crippen LogP contribution in [-0.2, 0) is 29.9 Å². The number of ether oxygens (including phenoxy) is 1. The Morgan fingerprint density at radius 2 is 1.38 bits per heavy atom. The summed E-state index contributed by atoms with van der Waals surface area (Å²) in [6.07, 6.45) is 0.861. The summed E-state index contributed by atoms with van der Waals surface area (Å²) in [5, 5.41) is 0. The molecule has 3 aromatic rings. The molecular weight excluding hydrogens is 318 g/mol. The minimum Gasteiger partial charge on any atom is -0.361 e. The molecule has 0 N–H and O–H groups in total. The van der Waals surface area contributed by atoms with Gasteiger partial charge in [0.1, 0.15) is 5.60 Å². The molecule has 26 heavy (non-hydrogen) atoms. The summed E-state index contributed by atoms with van der Waals surface area (Å²) >= 11 is 0. The topological polar surface area (TPSA) is 12.5 Å². The van der Waals surface area contributed by atoms with Crippen molar-refractivity contribution in [1.29, 1.82) is 0 Å². The monoisotopic (exact) mass is 343 g/mol. The Hall–Kier alpha value is -2.42. The van der Waals surface area contributed by atoms with E-state index in [0.29, 0.717) is 6.61 Å². The second-order valence-electron chi connectivity index (χ2n) is 7.36. The van der Waals surface area contributed by atoms with Gasteiger partial charge in [-0.05, 0) is 41.9 Å². The molecule has 3 aromatic carbocycles. The van der Waals surface area contributed by atoms with Crippen LogP contribution in [0.3, 0.4) is 0 Å². The van der Waals surface area contributed by atoms with Crippen molar-refractivity contribution in [1.82, 2.24) is 4.90 Å². The van der Waals surface area contributed by atoms with E-state index in [9.17, 15) is 0 Å². The molecule has 0 aromatic heterocycles.